The third kappa shape index (κ3) is 4.07. The highest BCUT2D eigenvalue weighted by Crippen LogP contribution is 2.21. The molecule has 1 N–H and O–H groups in total. The summed E-state index contributed by atoms with van der Waals surface area (Å²) in [7, 11) is 0. The zero-order chi connectivity index (χ0) is 17.1. The van der Waals surface area contributed by atoms with Crippen molar-refractivity contribution in [2.24, 2.45) is 0 Å². The van der Waals surface area contributed by atoms with E-state index >= 15 is 0 Å². The van der Waals surface area contributed by atoms with Gasteiger partial charge in [0.15, 0.2) is 5.11 Å². The van der Waals surface area contributed by atoms with E-state index in [2.05, 4.69) is 32.2 Å². The molecule has 5 nitrogen and oxygen atoms in total. The molecule has 1 aromatic carbocycles. The van der Waals surface area contributed by atoms with Gasteiger partial charge in [0, 0.05) is 42.9 Å². The van der Waals surface area contributed by atoms with Gasteiger partial charge in [0.2, 0.25) is 0 Å². The second-order valence-corrected chi connectivity index (χ2v) is 7.45. The fraction of sp³-hybridized carbons (Fsp3) is 0.529. The Labute approximate surface area is 156 Å². The topological polar surface area (TPSA) is 44.8 Å². The first-order valence-electron chi connectivity index (χ1n) is 8.27. The Kier molecular flexibility index (Phi) is 5.73. The molecule has 1 aromatic rings. The summed E-state index contributed by atoms with van der Waals surface area (Å²) in [5, 5.41) is 4.00. The highest BCUT2D eigenvalue weighted by molar-refractivity contribution is 9.10. The van der Waals surface area contributed by atoms with Crippen molar-refractivity contribution in [1.29, 1.82) is 0 Å². The number of anilines is 1. The monoisotopic (exact) mass is 411 g/mol. The molecule has 1 unspecified atom stereocenters. The van der Waals surface area contributed by atoms with Crippen molar-refractivity contribution in [3.63, 3.8) is 0 Å². The van der Waals surface area contributed by atoms with Crippen molar-refractivity contribution in [3.8, 4) is 0 Å². The lowest BCUT2D eigenvalue weighted by Crippen LogP contribution is -2.53. The van der Waals surface area contributed by atoms with Gasteiger partial charge in [-0.3, -0.25) is 4.79 Å². The Morgan fingerprint density at radius 2 is 2.00 bits per heavy atom. The van der Waals surface area contributed by atoms with Gasteiger partial charge in [0.1, 0.15) is 6.10 Å². The van der Waals surface area contributed by atoms with E-state index in [1.807, 2.05) is 24.0 Å². The molecule has 2 heterocycles. The summed E-state index contributed by atoms with van der Waals surface area (Å²) in [6, 6.07) is 6.08. The summed E-state index contributed by atoms with van der Waals surface area (Å²) >= 11 is 9.02. The fourth-order valence-corrected chi connectivity index (χ4v) is 3.58. The van der Waals surface area contributed by atoms with Gasteiger partial charge >= 0.3 is 0 Å². The quantitative estimate of drug-likeness (QED) is 0.757. The smallest absolute Gasteiger partial charge is 0.251 e. The average Bonchev–Trinajstić information content (AvgIpc) is 3.12. The first-order valence-corrected chi connectivity index (χ1v) is 9.47. The van der Waals surface area contributed by atoms with Crippen molar-refractivity contribution in [2.75, 3.05) is 38.1 Å². The molecule has 2 saturated heterocycles. The second-order valence-electron chi connectivity index (χ2n) is 6.21. The number of ether oxygens (including phenoxy) is 1. The molecule has 0 aromatic heterocycles. The van der Waals surface area contributed by atoms with Crippen molar-refractivity contribution in [3.05, 3.63) is 28.2 Å². The number of benzene rings is 1. The predicted molar refractivity (Wildman–Crippen MR) is 102 cm³/mol. The van der Waals surface area contributed by atoms with E-state index in [0.29, 0.717) is 24.8 Å². The maximum absolute atomic E-state index is 12.4. The van der Waals surface area contributed by atoms with Crippen LogP contribution in [0.5, 0.6) is 0 Å². The van der Waals surface area contributed by atoms with Crippen LogP contribution in [0.3, 0.4) is 0 Å². The number of aryl methyl sites for hydroxylation is 1. The maximum atomic E-state index is 12.4. The summed E-state index contributed by atoms with van der Waals surface area (Å²) in [6.07, 6.45) is 1.60. The molecule has 0 bridgehead atoms. The Morgan fingerprint density at radius 3 is 2.62 bits per heavy atom. The molecule has 0 spiro atoms. The van der Waals surface area contributed by atoms with Crippen molar-refractivity contribution in [1.82, 2.24) is 9.80 Å². The van der Waals surface area contributed by atoms with E-state index in [1.165, 1.54) is 0 Å². The lowest BCUT2D eigenvalue weighted by Gasteiger charge is -2.37. The van der Waals surface area contributed by atoms with Crippen molar-refractivity contribution >= 4 is 44.9 Å². The Hall–Kier alpha value is -1.18. The van der Waals surface area contributed by atoms with Crippen LogP contribution >= 0.6 is 28.1 Å². The molecule has 0 radical (unpaired) electrons. The van der Waals surface area contributed by atoms with Gasteiger partial charge < -0.3 is 19.9 Å². The number of rotatable bonds is 2. The average molecular weight is 412 g/mol. The SMILES string of the molecule is Cc1cc(NC(=S)N2CCN(C(=O)C3CCCO3)CC2)ccc1Br. The molecule has 7 heteroatoms. The molecular weight excluding hydrogens is 390 g/mol. The zero-order valence-electron chi connectivity index (χ0n) is 13.8. The van der Waals surface area contributed by atoms with Crippen LogP contribution in [0.15, 0.2) is 22.7 Å². The van der Waals surface area contributed by atoms with Crippen molar-refractivity contribution in [2.45, 2.75) is 25.9 Å². The summed E-state index contributed by atoms with van der Waals surface area (Å²) < 4.78 is 6.58. The molecule has 3 rings (SSSR count). The van der Waals surface area contributed by atoms with Crippen LogP contribution in [0.4, 0.5) is 5.69 Å². The minimum absolute atomic E-state index is 0.134. The van der Waals surface area contributed by atoms with Crippen LogP contribution in [0.25, 0.3) is 0 Å². The van der Waals surface area contributed by atoms with Crippen LogP contribution < -0.4 is 5.32 Å². The molecule has 1 atom stereocenters. The highest BCUT2D eigenvalue weighted by Gasteiger charge is 2.30. The maximum Gasteiger partial charge on any atom is 0.251 e. The first-order chi connectivity index (χ1) is 11.5. The van der Waals surface area contributed by atoms with E-state index in [-0.39, 0.29) is 12.0 Å². The van der Waals surface area contributed by atoms with Gasteiger partial charge in [0.25, 0.3) is 5.91 Å². The summed E-state index contributed by atoms with van der Waals surface area (Å²) in [4.78, 5) is 16.4. The van der Waals surface area contributed by atoms with E-state index in [9.17, 15) is 4.79 Å². The molecule has 2 aliphatic heterocycles. The van der Waals surface area contributed by atoms with Crippen molar-refractivity contribution < 1.29 is 9.53 Å². The van der Waals surface area contributed by atoms with E-state index in [4.69, 9.17) is 17.0 Å². The largest absolute Gasteiger partial charge is 0.368 e. The van der Waals surface area contributed by atoms with Crippen LogP contribution in [0.2, 0.25) is 0 Å². The number of thiocarbonyl (C=S) groups is 1. The fourth-order valence-electron chi connectivity index (χ4n) is 3.03. The van der Waals surface area contributed by atoms with Crippen LogP contribution in [0.1, 0.15) is 18.4 Å². The highest BCUT2D eigenvalue weighted by atomic mass is 79.9. The first kappa shape index (κ1) is 17.6. The number of nitrogens with one attached hydrogen (secondary N) is 1. The summed E-state index contributed by atoms with van der Waals surface area (Å²) in [5.74, 6) is 0.134. The molecule has 2 aliphatic rings. The lowest BCUT2D eigenvalue weighted by molar-refractivity contribution is -0.142. The number of carbonyl (C=O) groups excluding carboxylic acids is 1. The summed E-state index contributed by atoms with van der Waals surface area (Å²) in [6.45, 7) is 5.64. The van der Waals surface area contributed by atoms with Gasteiger partial charge in [-0.15, -0.1) is 0 Å². The number of carbonyl (C=O) groups is 1. The van der Waals surface area contributed by atoms with Crippen LogP contribution in [-0.2, 0) is 9.53 Å². The van der Waals surface area contributed by atoms with Gasteiger partial charge in [0.05, 0.1) is 0 Å². The van der Waals surface area contributed by atoms with E-state index in [1.54, 1.807) is 0 Å². The third-order valence-corrected chi connectivity index (χ3v) is 5.74. The second kappa shape index (κ2) is 7.80. The van der Waals surface area contributed by atoms with Gasteiger partial charge in [-0.05, 0) is 55.7 Å². The zero-order valence-corrected chi connectivity index (χ0v) is 16.2. The standard InChI is InChI=1S/C17H22BrN3O2S/c1-12-11-13(4-5-14(12)18)19-17(24)21-8-6-20(7-9-21)16(22)15-3-2-10-23-15/h4-5,11,15H,2-3,6-10H2,1H3,(H,19,24). The predicted octanol–water partition coefficient (Wildman–Crippen LogP) is 2.78. The molecule has 130 valence electrons. The number of halogens is 1. The summed E-state index contributed by atoms with van der Waals surface area (Å²) in [5.41, 5.74) is 2.15. The lowest BCUT2D eigenvalue weighted by atomic mass is 10.2. The van der Waals surface area contributed by atoms with E-state index in [0.717, 1.165) is 41.7 Å². The van der Waals surface area contributed by atoms with Crippen LogP contribution in [0, 0.1) is 6.92 Å². The minimum atomic E-state index is -0.229. The third-order valence-electron chi connectivity index (χ3n) is 4.49. The molecular formula is C17H22BrN3O2S. The normalized spacial score (nSPS) is 21.0. The van der Waals surface area contributed by atoms with Crippen LogP contribution in [-0.4, -0.2) is 59.7 Å². The number of hydrogen-bond acceptors (Lipinski definition) is 3. The Bertz CT molecular complexity index is 626. The van der Waals surface area contributed by atoms with Gasteiger partial charge in [-0.1, -0.05) is 15.9 Å². The Morgan fingerprint density at radius 1 is 1.29 bits per heavy atom. The van der Waals surface area contributed by atoms with E-state index < -0.39 is 0 Å². The van der Waals surface area contributed by atoms with Gasteiger partial charge in [-0.2, -0.15) is 0 Å². The molecule has 2 fully saturated rings. The van der Waals surface area contributed by atoms with Gasteiger partial charge in [-0.25, -0.2) is 0 Å². The number of piperazine rings is 1. The molecule has 0 saturated carbocycles. The minimum Gasteiger partial charge on any atom is -0.368 e. The number of nitrogens with zero attached hydrogens (tertiary/aromatic N) is 2. The molecule has 24 heavy (non-hydrogen) atoms. The number of amides is 1. The Balaban J connectivity index is 1.51. The number of hydrogen-bond donors (Lipinski definition) is 1. The molecule has 1 amide bonds. The molecule has 0 aliphatic carbocycles.